The molecule has 2 aromatic rings. The molecule has 19 heavy (non-hydrogen) atoms. The van der Waals surface area contributed by atoms with Gasteiger partial charge in [0.15, 0.2) is 0 Å². The molecule has 0 amide bonds. The number of para-hydroxylation sites is 1. The largest absolute Gasteiger partial charge is 0.393 e. The molecular weight excluding hydrogens is 236 g/mol. The van der Waals surface area contributed by atoms with E-state index in [0.717, 1.165) is 31.4 Å². The van der Waals surface area contributed by atoms with E-state index in [1.54, 1.807) is 0 Å². The molecule has 1 N–H and O–H groups in total. The first-order chi connectivity index (χ1) is 9.34. The molecule has 2 atom stereocenters. The standard InChI is InChI=1S/C16H20N2O/c19-15-9-5-4-6-13(12-15)16-10-11-17-18(16)14-7-2-1-3-8-14/h1-3,7-8,10-11,13,15,19H,4-6,9,12H2. The zero-order valence-corrected chi connectivity index (χ0v) is 11.1. The van der Waals surface area contributed by atoms with Crippen LogP contribution in [0.1, 0.15) is 43.7 Å². The minimum atomic E-state index is -0.161. The van der Waals surface area contributed by atoms with Crippen LogP contribution >= 0.6 is 0 Å². The Labute approximate surface area is 113 Å². The maximum Gasteiger partial charge on any atom is 0.0648 e. The minimum Gasteiger partial charge on any atom is -0.393 e. The average Bonchev–Trinajstić information content (AvgIpc) is 2.83. The van der Waals surface area contributed by atoms with Gasteiger partial charge in [-0.05, 0) is 37.5 Å². The molecule has 0 aliphatic heterocycles. The molecule has 1 aromatic heterocycles. The van der Waals surface area contributed by atoms with E-state index in [0.29, 0.717) is 5.92 Å². The van der Waals surface area contributed by atoms with Crippen LogP contribution in [-0.4, -0.2) is 21.0 Å². The third kappa shape index (κ3) is 2.71. The number of aliphatic hydroxyl groups excluding tert-OH is 1. The summed E-state index contributed by atoms with van der Waals surface area (Å²) in [5, 5.41) is 14.4. The van der Waals surface area contributed by atoms with Gasteiger partial charge < -0.3 is 5.11 Å². The molecule has 3 rings (SSSR count). The molecule has 2 unspecified atom stereocenters. The van der Waals surface area contributed by atoms with Crippen molar-refractivity contribution in [3.8, 4) is 5.69 Å². The molecule has 1 aromatic carbocycles. The van der Waals surface area contributed by atoms with E-state index < -0.39 is 0 Å². The Morgan fingerprint density at radius 1 is 1.05 bits per heavy atom. The van der Waals surface area contributed by atoms with Crippen molar-refractivity contribution in [3.05, 3.63) is 48.3 Å². The molecule has 3 nitrogen and oxygen atoms in total. The first-order valence-corrected chi connectivity index (χ1v) is 7.12. The molecule has 0 bridgehead atoms. The van der Waals surface area contributed by atoms with Crippen molar-refractivity contribution in [3.63, 3.8) is 0 Å². The van der Waals surface area contributed by atoms with Crippen LogP contribution in [0.2, 0.25) is 0 Å². The quantitative estimate of drug-likeness (QED) is 0.837. The summed E-state index contributed by atoms with van der Waals surface area (Å²) < 4.78 is 2.02. The summed E-state index contributed by atoms with van der Waals surface area (Å²) in [5.74, 6) is 0.417. The van der Waals surface area contributed by atoms with Gasteiger partial charge in [-0.1, -0.05) is 31.0 Å². The van der Waals surface area contributed by atoms with Gasteiger partial charge in [-0.25, -0.2) is 4.68 Å². The molecule has 1 fully saturated rings. The highest BCUT2D eigenvalue weighted by Gasteiger charge is 2.23. The van der Waals surface area contributed by atoms with Gasteiger partial charge in [-0.15, -0.1) is 0 Å². The van der Waals surface area contributed by atoms with Crippen molar-refractivity contribution in [1.82, 2.24) is 9.78 Å². The second kappa shape index (κ2) is 5.57. The second-order valence-electron chi connectivity index (χ2n) is 5.37. The number of aliphatic hydroxyl groups is 1. The van der Waals surface area contributed by atoms with Crippen molar-refractivity contribution in [2.24, 2.45) is 0 Å². The van der Waals surface area contributed by atoms with Gasteiger partial charge in [0.2, 0.25) is 0 Å². The van der Waals surface area contributed by atoms with E-state index in [9.17, 15) is 5.11 Å². The lowest BCUT2D eigenvalue weighted by molar-refractivity contribution is 0.151. The molecule has 3 heteroatoms. The zero-order chi connectivity index (χ0) is 13.1. The van der Waals surface area contributed by atoms with Gasteiger partial charge in [0, 0.05) is 17.8 Å². The molecule has 0 radical (unpaired) electrons. The highest BCUT2D eigenvalue weighted by molar-refractivity contribution is 5.33. The van der Waals surface area contributed by atoms with Crippen LogP contribution in [0.25, 0.3) is 5.69 Å². The van der Waals surface area contributed by atoms with Crippen molar-refractivity contribution in [1.29, 1.82) is 0 Å². The number of benzene rings is 1. The van der Waals surface area contributed by atoms with Crippen LogP contribution in [0.5, 0.6) is 0 Å². The maximum atomic E-state index is 9.99. The Kier molecular flexibility index (Phi) is 3.65. The fourth-order valence-electron chi connectivity index (χ4n) is 3.01. The zero-order valence-electron chi connectivity index (χ0n) is 11.1. The predicted molar refractivity (Wildman–Crippen MR) is 75.4 cm³/mol. The number of nitrogens with zero attached hydrogens (tertiary/aromatic N) is 2. The summed E-state index contributed by atoms with van der Waals surface area (Å²) in [6, 6.07) is 12.3. The third-order valence-electron chi connectivity index (χ3n) is 3.99. The molecule has 1 aliphatic rings. The Hall–Kier alpha value is -1.61. The topological polar surface area (TPSA) is 38.1 Å². The molecular formula is C16H20N2O. The van der Waals surface area contributed by atoms with Crippen LogP contribution in [-0.2, 0) is 0 Å². The Bertz CT molecular complexity index is 521. The Morgan fingerprint density at radius 2 is 1.84 bits per heavy atom. The fourth-order valence-corrected chi connectivity index (χ4v) is 3.01. The van der Waals surface area contributed by atoms with Gasteiger partial charge >= 0.3 is 0 Å². The molecule has 1 heterocycles. The average molecular weight is 256 g/mol. The minimum absolute atomic E-state index is 0.161. The van der Waals surface area contributed by atoms with E-state index in [1.165, 1.54) is 12.1 Å². The molecule has 0 saturated heterocycles. The SMILES string of the molecule is OC1CCCCC(c2ccnn2-c2ccccc2)C1. The summed E-state index contributed by atoms with van der Waals surface area (Å²) >= 11 is 0. The van der Waals surface area contributed by atoms with E-state index in [2.05, 4.69) is 23.3 Å². The lowest BCUT2D eigenvalue weighted by atomic mass is 9.95. The van der Waals surface area contributed by atoms with E-state index in [-0.39, 0.29) is 6.10 Å². The van der Waals surface area contributed by atoms with Gasteiger partial charge in [0.25, 0.3) is 0 Å². The summed E-state index contributed by atoms with van der Waals surface area (Å²) in [7, 11) is 0. The molecule has 100 valence electrons. The van der Waals surface area contributed by atoms with Crippen LogP contribution in [0, 0.1) is 0 Å². The first-order valence-electron chi connectivity index (χ1n) is 7.12. The highest BCUT2D eigenvalue weighted by Crippen LogP contribution is 2.32. The van der Waals surface area contributed by atoms with Crippen molar-refractivity contribution in [2.45, 2.75) is 44.1 Å². The van der Waals surface area contributed by atoms with E-state index in [4.69, 9.17) is 0 Å². The summed E-state index contributed by atoms with van der Waals surface area (Å²) in [6.07, 6.45) is 6.98. The third-order valence-corrected chi connectivity index (χ3v) is 3.99. The molecule has 1 saturated carbocycles. The van der Waals surface area contributed by atoms with Gasteiger partial charge in [0.05, 0.1) is 11.8 Å². The highest BCUT2D eigenvalue weighted by atomic mass is 16.3. The van der Waals surface area contributed by atoms with Crippen molar-refractivity contribution in [2.75, 3.05) is 0 Å². The lowest BCUT2D eigenvalue weighted by Crippen LogP contribution is -2.13. The van der Waals surface area contributed by atoms with E-state index in [1.807, 2.05) is 29.1 Å². The van der Waals surface area contributed by atoms with Gasteiger partial charge in [-0.3, -0.25) is 0 Å². The number of aromatic nitrogens is 2. The normalized spacial score (nSPS) is 24.1. The maximum absolute atomic E-state index is 9.99. The summed E-state index contributed by atoms with van der Waals surface area (Å²) in [4.78, 5) is 0. The van der Waals surface area contributed by atoms with Crippen LogP contribution in [0.3, 0.4) is 0 Å². The second-order valence-corrected chi connectivity index (χ2v) is 5.37. The Morgan fingerprint density at radius 3 is 2.68 bits per heavy atom. The van der Waals surface area contributed by atoms with Gasteiger partial charge in [0.1, 0.15) is 0 Å². The number of hydrogen-bond acceptors (Lipinski definition) is 2. The van der Waals surface area contributed by atoms with Gasteiger partial charge in [-0.2, -0.15) is 5.10 Å². The number of rotatable bonds is 2. The number of hydrogen-bond donors (Lipinski definition) is 1. The van der Waals surface area contributed by atoms with E-state index >= 15 is 0 Å². The predicted octanol–water partition coefficient (Wildman–Crippen LogP) is 3.28. The smallest absolute Gasteiger partial charge is 0.0648 e. The molecule has 1 aliphatic carbocycles. The fraction of sp³-hybridized carbons (Fsp3) is 0.438. The molecule has 0 spiro atoms. The van der Waals surface area contributed by atoms with Crippen LogP contribution < -0.4 is 0 Å². The van der Waals surface area contributed by atoms with Crippen LogP contribution in [0.15, 0.2) is 42.6 Å². The van der Waals surface area contributed by atoms with Crippen LogP contribution in [0.4, 0.5) is 0 Å². The first kappa shape index (κ1) is 12.4. The van der Waals surface area contributed by atoms with Crippen molar-refractivity contribution < 1.29 is 5.11 Å². The summed E-state index contributed by atoms with van der Waals surface area (Å²) in [5.41, 5.74) is 2.33. The Balaban J connectivity index is 1.91. The lowest BCUT2D eigenvalue weighted by Gasteiger charge is -2.18. The monoisotopic (exact) mass is 256 g/mol. The summed E-state index contributed by atoms with van der Waals surface area (Å²) in [6.45, 7) is 0. The van der Waals surface area contributed by atoms with Crippen molar-refractivity contribution >= 4 is 0 Å².